The van der Waals surface area contributed by atoms with Crippen LogP contribution >= 0.6 is 40.2 Å². The molecule has 0 radical (unpaired) electrons. The number of aliphatic imine (C=N–C) groups is 1. The van der Waals surface area contributed by atoms with E-state index in [1.165, 1.54) is 4.90 Å². The van der Waals surface area contributed by atoms with Crippen molar-refractivity contribution in [1.29, 1.82) is 0 Å². The summed E-state index contributed by atoms with van der Waals surface area (Å²) in [4.78, 5) is 5.13. The lowest BCUT2D eigenvalue weighted by Crippen LogP contribution is -3.05. The van der Waals surface area contributed by atoms with Gasteiger partial charge in [0.15, 0.2) is 6.34 Å². The first-order valence-corrected chi connectivity index (χ1v) is 10.5. The second kappa shape index (κ2) is 7.14. The van der Waals surface area contributed by atoms with Crippen LogP contribution in [0.2, 0.25) is 0 Å². The van der Waals surface area contributed by atoms with Crippen LogP contribution in [0, 0.1) is 0 Å². The maximum absolute atomic E-state index is 4.99. The zero-order valence-corrected chi connectivity index (χ0v) is 10.9. The maximum Gasteiger partial charge on any atom is 0.564 e. The van der Waals surface area contributed by atoms with E-state index in [-0.39, 0.29) is 0 Å². The van der Waals surface area contributed by atoms with Crippen molar-refractivity contribution in [1.82, 2.24) is 0 Å². The Morgan fingerprint density at radius 2 is 1.92 bits per heavy atom. The molecule has 1 heterocycles. The summed E-state index contributed by atoms with van der Waals surface area (Å²) in [6.45, 7) is 4.54. The van der Waals surface area contributed by atoms with Crippen molar-refractivity contribution in [3.05, 3.63) is 25.1 Å². The molecule has 0 aromatic carbocycles. The molecule has 0 aromatic rings. The molecule has 7 heteroatoms. The predicted octanol–water partition coefficient (Wildman–Crippen LogP) is 1.95. The zero-order chi connectivity index (χ0) is 10.3. The van der Waals surface area contributed by atoms with Crippen molar-refractivity contribution in [2.75, 3.05) is 6.54 Å². The van der Waals surface area contributed by atoms with E-state index in [0.717, 1.165) is 6.54 Å². The molecule has 1 atom stereocenters. The Morgan fingerprint density at radius 1 is 1.38 bits per heavy atom. The minimum Gasteiger partial charge on any atom is -0.391 e. The number of quaternary nitrogens is 1. The minimum atomic E-state index is -2.94. The van der Waals surface area contributed by atoms with Crippen molar-refractivity contribution in [3.8, 4) is 0 Å². The second-order valence-electron chi connectivity index (χ2n) is 2.16. The fourth-order valence-electron chi connectivity index (χ4n) is 0.608. The second-order valence-corrected chi connectivity index (χ2v) is 15.0. The molecule has 0 aromatic heterocycles. The molecule has 13 heavy (non-hydrogen) atoms. The van der Waals surface area contributed by atoms with Crippen LogP contribution in [0.25, 0.3) is 0 Å². The van der Waals surface area contributed by atoms with Crippen LogP contribution in [0.4, 0.5) is 0 Å². The molecule has 0 spiro atoms. The molecular weight excluding hydrogens is 269 g/mol. The minimum absolute atomic E-state index is 0.931. The van der Waals surface area contributed by atoms with Crippen LogP contribution in [0.5, 0.6) is 0 Å². The monoisotopic (exact) mass is 276 g/mol. The normalized spacial score (nSPS) is 19.5. The highest BCUT2D eigenvalue weighted by atomic mass is 35.9. The third-order valence-electron chi connectivity index (χ3n) is 0.995. The fraction of sp³-hybridized carbons (Fsp3) is 0.167. The van der Waals surface area contributed by atoms with Crippen molar-refractivity contribution < 1.29 is 4.90 Å². The molecule has 0 saturated carbocycles. The van der Waals surface area contributed by atoms with Gasteiger partial charge in [-0.25, -0.2) is 4.99 Å². The van der Waals surface area contributed by atoms with E-state index in [4.69, 9.17) is 40.2 Å². The number of hydrogen-bond donors (Lipinski definition) is 1. The van der Waals surface area contributed by atoms with Crippen LogP contribution < -0.4 is 4.90 Å². The van der Waals surface area contributed by atoms with Crippen molar-refractivity contribution >= 4 is 55.9 Å². The van der Waals surface area contributed by atoms with Crippen LogP contribution in [-0.4, -0.2) is 22.3 Å². The Morgan fingerprint density at radius 3 is 2.23 bits per heavy atom. The van der Waals surface area contributed by atoms with Gasteiger partial charge in [-0.2, -0.15) is 0 Å². The molecule has 0 fully saturated rings. The molecule has 74 valence electrons. The highest BCUT2D eigenvalue weighted by Gasteiger charge is 2.14. The molecule has 1 unspecified atom stereocenters. The molecule has 2 nitrogen and oxygen atoms in total. The average Bonchev–Trinajstić information content (AvgIpc) is 2.36. The quantitative estimate of drug-likeness (QED) is 0.587. The van der Waals surface area contributed by atoms with Gasteiger partial charge in [0.2, 0.25) is 0 Å². The highest BCUT2D eigenvalue weighted by Crippen LogP contribution is 2.23. The van der Waals surface area contributed by atoms with Gasteiger partial charge in [-0.15, -0.1) is 0 Å². The molecule has 0 saturated heterocycles. The summed E-state index contributed by atoms with van der Waals surface area (Å²) < 4.78 is 0. The highest BCUT2D eigenvalue weighted by molar-refractivity contribution is 7.81. The Bertz CT molecular complexity index is 193. The van der Waals surface area contributed by atoms with Gasteiger partial charge in [-0.05, 0) is 6.08 Å². The summed E-state index contributed by atoms with van der Waals surface area (Å²) in [5.74, 6) is 0. The number of nitrogens with zero attached hydrogens (tertiary/aromatic N) is 1. The summed E-state index contributed by atoms with van der Waals surface area (Å²) in [5.41, 5.74) is 0. The lowest BCUT2D eigenvalue weighted by molar-refractivity contribution is -0.728. The number of rotatable bonds is 2. The van der Waals surface area contributed by atoms with Crippen LogP contribution in [0.15, 0.2) is 30.0 Å². The van der Waals surface area contributed by atoms with Gasteiger partial charge in [0.05, 0.1) is 6.20 Å². The first-order valence-electron chi connectivity index (χ1n) is 3.47. The van der Waals surface area contributed by atoms with Gasteiger partial charge in [0.1, 0.15) is 12.7 Å². The van der Waals surface area contributed by atoms with Gasteiger partial charge < -0.3 is 40.2 Å². The molecule has 1 rings (SSSR count). The third kappa shape index (κ3) is 12.8. The molecule has 0 amide bonds. The molecule has 0 aliphatic carbocycles. The SMILES string of the molecule is C=CC[NH+]1C=CN=C1.[Cl][Al-]([Cl])([Cl])[Cl]. The summed E-state index contributed by atoms with van der Waals surface area (Å²) >= 11 is 0. The molecule has 1 aliphatic heterocycles. The van der Waals surface area contributed by atoms with Crippen LogP contribution in [-0.2, 0) is 0 Å². The third-order valence-corrected chi connectivity index (χ3v) is 0.995. The maximum atomic E-state index is 4.99. The molecule has 1 N–H and O–H groups in total. The zero-order valence-electron chi connectivity index (χ0n) is 6.76. The smallest absolute Gasteiger partial charge is 0.391 e. The predicted molar refractivity (Wildman–Crippen MR) is 62.8 cm³/mol. The molecule has 1 aliphatic rings. The van der Waals surface area contributed by atoms with E-state index in [0.29, 0.717) is 0 Å². The summed E-state index contributed by atoms with van der Waals surface area (Å²) in [6.07, 6.45) is 7.50. The van der Waals surface area contributed by atoms with E-state index in [2.05, 4.69) is 11.6 Å². The van der Waals surface area contributed by atoms with Gasteiger partial charge >= 0.3 is 9.39 Å². The van der Waals surface area contributed by atoms with Crippen LogP contribution in [0.3, 0.4) is 0 Å². The van der Waals surface area contributed by atoms with E-state index in [9.17, 15) is 0 Å². The topological polar surface area (TPSA) is 16.8 Å². The number of hydrogen-bond acceptors (Lipinski definition) is 1. The van der Waals surface area contributed by atoms with E-state index < -0.39 is 9.39 Å². The van der Waals surface area contributed by atoms with E-state index >= 15 is 0 Å². The molecule has 0 bridgehead atoms. The summed E-state index contributed by atoms with van der Waals surface area (Å²) in [5, 5.41) is 0. The van der Waals surface area contributed by atoms with Gasteiger partial charge in [-0.3, -0.25) is 4.90 Å². The van der Waals surface area contributed by atoms with Crippen molar-refractivity contribution in [2.24, 2.45) is 4.99 Å². The first-order chi connectivity index (χ1) is 5.93. The standard InChI is InChI=1S/C6H8N2.Al.4ClH/c1-2-4-8-5-3-7-6-8;;;;;/h2-3,5-6H,1,4H2;;4*1H/q;+3;;;;/p-3. The Kier molecular flexibility index (Phi) is 7.58. The van der Waals surface area contributed by atoms with Crippen molar-refractivity contribution in [2.45, 2.75) is 0 Å². The van der Waals surface area contributed by atoms with E-state index in [1.54, 1.807) is 6.20 Å². The first kappa shape index (κ1) is 13.8. The summed E-state index contributed by atoms with van der Waals surface area (Å²) in [7, 11) is 17.0. The lowest BCUT2D eigenvalue weighted by Gasteiger charge is -1.97. The van der Waals surface area contributed by atoms with Gasteiger partial charge in [0.25, 0.3) is 0 Å². The Balaban J connectivity index is 0.000000252. The molecular formula is C6H9AlCl4N2. The van der Waals surface area contributed by atoms with Gasteiger partial charge in [-0.1, -0.05) is 6.58 Å². The van der Waals surface area contributed by atoms with Crippen LogP contribution in [0.1, 0.15) is 0 Å². The number of halogens is 4. The average molecular weight is 278 g/mol. The van der Waals surface area contributed by atoms with Gasteiger partial charge in [0, 0.05) is 0 Å². The lowest BCUT2D eigenvalue weighted by atomic mass is 10.6. The van der Waals surface area contributed by atoms with Crippen molar-refractivity contribution in [3.63, 3.8) is 0 Å². The number of nitrogens with one attached hydrogen (secondary N) is 1. The Labute approximate surface area is 96.9 Å². The largest absolute Gasteiger partial charge is 0.564 e. The van der Waals surface area contributed by atoms with E-state index in [1.807, 2.05) is 18.6 Å². The fourth-order valence-corrected chi connectivity index (χ4v) is 0.608. The Hall–Kier alpha value is 0.802. The summed E-state index contributed by atoms with van der Waals surface area (Å²) in [6, 6.07) is 0.